The maximum absolute atomic E-state index is 12.8. The minimum atomic E-state index is -0.930. The summed E-state index contributed by atoms with van der Waals surface area (Å²) >= 11 is 0. The van der Waals surface area contributed by atoms with E-state index in [-0.39, 0.29) is 18.2 Å². The molecule has 0 saturated heterocycles. The van der Waals surface area contributed by atoms with Crippen molar-refractivity contribution in [2.75, 3.05) is 18.5 Å². The summed E-state index contributed by atoms with van der Waals surface area (Å²) < 4.78 is 5.62. The van der Waals surface area contributed by atoms with Crippen LogP contribution >= 0.6 is 0 Å². The highest BCUT2D eigenvalue weighted by Crippen LogP contribution is 2.38. The number of benzene rings is 1. The molecule has 7 nitrogen and oxygen atoms in total. The van der Waals surface area contributed by atoms with E-state index in [9.17, 15) is 14.7 Å². The number of aliphatic carboxylic acids is 1. The molecule has 3 N–H and O–H groups in total. The van der Waals surface area contributed by atoms with Gasteiger partial charge in [0.05, 0.1) is 19.1 Å². The van der Waals surface area contributed by atoms with Crippen molar-refractivity contribution in [1.82, 2.24) is 10.3 Å². The molecule has 5 rings (SSSR count). The first-order valence-electron chi connectivity index (χ1n) is 12.1. The third-order valence-electron chi connectivity index (χ3n) is 7.18. The van der Waals surface area contributed by atoms with Crippen molar-refractivity contribution in [3.8, 4) is 5.75 Å². The second-order valence-corrected chi connectivity index (χ2v) is 9.54. The van der Waals surface area contributed by atoms with Crippen LogP contribution < -0.4 is 15.4 Å². The van der Waals surface area contributed by atoms with Gasteiger partial charge in [0, 0.05) is 24.6 Å². The zero-order valence-electron chi connectivity index (χ0n) is 18.8. The van der Waals surface area contributed by atoms with Crippen LogP contribution in [0.1, 0.15) is 60.5 Å². The highest BCUT2D eigenvalue weighted by atomic mass is 16.5. The molecule has 2 aliphatic heterocycles. The van der Waals surface area contributed by atoms with Crippen LogP contribution in [0.3, 0.4) is 0 Å². The number of carboxylic acid groups (broad SMARTS) is 1. The fraction of sp³-hybridized carbons (Fsp3) is 0.500. The number of hydrogen-bond donors (Lipinski definition) is 3. The Kier molecular flexibility index (Phi) is 6.20. The minimum absolute atomic E-state index is 0.0462. The van der Waals surface area contributed by atoms with E-state index in [0.29, 0.717) is 12.5 Å². The smallest absolute Gasteiger partial charge is 0.305 e. The molecule has 2 aromatic rings. The van der Waals surface area contributed by atoms with Crippen LogP contribution in [-0.2, 0) is 28.9 Å². The van der Waals surface area contributed by atoms with E-state index in [1.165, 1.54) is 5.56 Å². The quantitative estimate of drug-likeness (QED) is 0.569. The molecule has 1 unspecified atom stereocenters. The third-order valence-corrected chi connectivity index (χ3v) is 7.18. The molecule has 0 radical (unpaired) electrons. The molecular weight excluding hydrogens is 418 g/mol. The summed E-state index contributed by atoms with van der Waals surface area (Å²) in [5, 5.41) is 15.7. The number of ether oxygens (including phenoxy) is 1. The maximum Gasteiger partial charge on any atom is 0.305 e. The molecule has 1 saturated carbocycles. The maximum atomic E-state index is 12.8. The van der Waals surface area contributed by atoms with Gasteiger partial charge in [-0.25, -0.2) is 4.98 Å². The number of amides is 1. The summed E-state index contributed by atoms with van der Waals surface area (Å²) in [7, 11) is 0. The highest BCUT2D eigenvalue weighted by Gasteiger charge is 2.35. The van der Waals surface area contributed by atoms with Gasteiger partial charge >= 0.3 is 5.97 Å². The highest BCUT2D eigenvalue weighted by molar-refractivity contribution is 5.81. The van der Waals surface area contributed by atoms with Crippen molar-refractivity contribution in [1.29, 1.82) is 0 Å². The van der Waals surface area contributed by atoms with Gasteiger partial charge in [-0.15, -0.1) is 0 Å². The Morgan fingerprint density at radius 3 is 2.88 bits per heavy atom. The lowest BCUT2D eigenvalue weighted by molar-refractivity contribution is -0.138. The van der Waals surface area contributed by atoms with Gasteiger partial charge in [-0.2, -0.15) is 0 Å². The Balaban J connectivity index is 1.13. The normalized spacial score (nSPS) is 21.6. The Bertz CT molecular complexity index is 1050. The van der Waals surface area contributed by atoms with Crippen LogP contribution in [0.4, 0.5) is 5.82 Å². The van der Waals surface area contributed by atoms with Gasteiger partial charge in [-0.3, -0.25) is 9.59 Å². The van der Waals surface area contributed by atoms with Crippen molar-refractivity contribution >= 4 is 17.7 Å². The number of carboxylic acids is 1. The van der Waals surface area contributed by atoms with Gasteiger partial charge in [0.2, 0.25) is 5.91 Å². The largest absolute Gasteiger partial charge is 0.493 e. The molecule has 1 aliphatic carbocycles. The molecule has 7 heteroatoms. The van der Waals surface area contributed by atoms with E-state index < -0.39 is 12.0 Å². The van der Waals surface area contributed by atoms with Crippen LogP contribution in [0.2, 0.25) is 0 Å². The molecule has 1 fully saturated rings. The van der Waals surface area contributed by atoms with Gasteiger partial charge in [-0.05, 0) is 73.3 Å². The van der Waals surface area contributed by atoms with Crippen LogP contribution in [0.15, 0.2) is 30.3 Å². The number of carbonyl (C=O) groups is 2. The number of nitrogens with one attached hydrogen (secondary N) is 2. The Morgan fingerprint density at radius 2 is 2.03 bits per heavy atom. The van der Waals surface area contributed by atoms with Gasteiger partial charge in [0.25, 0.3) is 0 Å². The lowest BCUT2D eigenvalue weighted by atomic mass is 9.72. The first kappa shape index (κ1) is 21.7. The molecule has 3 heterocycles. The molecule has 1 aromatic carbocycles. The van der Waals surface area contributed by atoms with Gasteiger partial charge in [-0.1, -0.05) is 18.2 Å². The number of fused-ring (bicyclic) bond motifs is 2. The molecule has 0 spiro atoms. The number of anilines is 1. The van der Waals surface area contributed by atoms with Crippen molar-refractivity contribution in [3.05, 3.63) is 52.7 Å². The van der Waals surface area contributed by atoms with Crippen LogP contribution in [0, 0.1) is 11.8 Å². The number of pyridine rings is 1. The van der Waals surface area contributed by atoms with Crippen molar-refractivity contribution in [2.24, 2.45) is 11.8 Å². The zero-order chi connectivity index (χ0) is 22.8. The van der Waals surface area contributed by atoms with E-state index in [0.717, 1.165) is 79.9 Å². The predicted octanol–water partition coefficient (Wildman–Crippen LogP) is 3.67. The number of nitrogens with zero attached hydrogens (tertiary/aromatic N) is 1. The van der Waals surface area contributed by atoms with E-state index >= 15 is 0 Å². The van der Waals surface area contributed by atoms with E-state index in [1.54, 1.807) is 0 Å². The van der Waals surface area contributed by atoms with E-state index in [2.05, 4.69) is 22.8 Å². The Labute approximate surface area is 193 Å². The molecule has 1 aromatic heterocycles. The fourth-order valence-corrected chi connectivity index (χ4v) is 5.16. The number of carbonyl (C=O) groups excluding carboxylic acids is 1. The van der Waals surface area contributed by atoms with E-state index in [1.807, 2.05) is 18.2 Å². The summed E-state index contributed by atoms with van der Waals surface area (Å²) in [6.07, 6.45) is 6.62. The Morgan fingerprint density at radius 1 is 1.18 bits per heavy atom. The van der Waals surface area contributed by atoms with Crippen molar-refractivity contribution in [3.63, 3.8) is 0 Å². The van der Waals surface area contributed by atoms with Crippen molar-refractivity contribution < 1.29 is 19.4 Å². The second-order valence-electron chi connectivity index (χ2n) is 9.54. The molecule has 1 amide bonds. The molecule has 33 heavy (non-hydrogen) atoms. The number of rotatable bonds is 8. The first-order valence-corrected chi connectivity index (χ1v) is 12.1. The Hall–Kier alpha value is -3.09. The summed E-state index contributed by atoms with van der Waals surface area (Å²) in [4.78, 5) is 29.0. The molecular formula is C26H31N3O4. The van der Waals surface area contributed by atoms with Crippen LogP contribution in [0.5, 0.6) is 5.75 Å². The average molecular weight is 450 g/mol. The number of aromatic nitrogens is 1. The number of aryl methyl sites for hydroxylation is 2. The van der Waals surface area contributed by atoms with Crippen molar-refractivity contribution in [2.45, 2.75) is 57.4 Å². The van der Waals surface area contributed by atoms with Gasteiger partial charge in [0.15, 0.2) is 0 Å². The van der Waals surface area contributed by atoms with E-state index in [4.69, 9.17) is 9.72 Å². The third kappa shape index (κ3) is 4.97. The molecule has 0 bridgehead atoms. The minimum Gasteiger partial charge on any atom is -0.493 e. The lowest BCUT2D eigenvalue weighted by Gasteiger charge is -2.35. The standard InChI is InChI=1S/C26H31N3O4/c30-24(31)15-22(19-5-4-17-9-11-33-23(17)14-19)29-26(32)20-12-16(13-20)3-7-21-8-6-18-2-1-10-27-25(18)28-21/h4-6,8,14,16,20,22H,1-3,7,9-13,15H2,(H,27,28)(H,29,32)(H,30,31). The zero-order valence-corrected chi connectivity index (χ0v) is 18.8. The number of hydrogen-bond acceptors (Lipinski definition) is 5. The molecule has 1 atom stereocenters. The summed E-state index contributed by atoms with van der Waals surface area (Å²) in [6.45, 7) is 1.64. The first-order chi connectivity index (χ1) is 16.0. The monoisotopic (exact) mass is 449 g/mol. The second kappa shape index (κ2) is 9.41. The van der Waals surface area contributed by atoms with Gasteiger partial charge in [0.1, 0.15) is 11.6 Å². The summed E-state index contributed by atoms with van der Waals surface area (Å²) in [5.74, 6) is 1.32. The predicted molar refractivity (Wildman–Crippen MR) is 124 cm³/mol. The SMILES string of the molecule is O=C(O)CC(NC(=O)C1CC(CCc2ccc3c(n2)NCCC3)C1)c1ccc2c(c1)OCC2. The average Bonchev–Trinajstić information content (AvgIpc) is 3.25. The topological polar surface area (TPSA) is 101 Å². The van der Waals surface area contributed by atoms with Crippen LogP contribution in [0.25, 0.3) is 0 Å². The summed E-state index contributed by atoms with van der Waals surface area (Å²) in [5.41, 5.74) is 4.33. The molecule has 3 aliphatic rings. The lowest BCUT2D eigenvalue weighted by Crippen LogP contribution is -2.41. The van der Waals surface area contributed by atoms with Crippen LogP contribution in [-0.4, -0.2) is 35.1 Å². The van der Waals surface area contributed by atoms with Gasteiger partial charge < -0.3 is 20.5 Å². The molecule has 174 valence electrons. The fourth-order valence-electron chi connectivity index (χ4n) is 5.16. The summed E-state index contributed by atoms with van der Waals surface area (Å²) in [6, 6.07) is 9.53.